The van der Waals surface area contributed by atoms with Gasteiger partial charge in [-0.05, 0) is 18.6 Å². The molecular weight excluding hydrogens is 247 g/mol. The van der Waals surface area contributed by atoms with Crippen molar-refractivity contribution in [2.45, 2.75) is 18.7 Å². The molecule has 0 spiro atoms. The summed E-state index contributed by atoms with van der Waals surface area (Å²) >= 11 is 11.9. The molecule has 0 aliphatic rings. The van der Waals surface area contributed by atoms with Crippen molar-refractivity contribution in [1.82, 2.24) is 10.1 Å². The number of aromatic nitrogens is 2. The zero-order chi connectivity index (χ0) is 11.5. The molecule has 0 saturated carbocycles. The smallest absolute Gasteiger partial charge is 0.231 e. The first-order chi connectivity index (χ1) is 7.66. The van der Waals surface area contributed by atoms with Crippen LogP contribution in [0.1, 0.15) is 29.6 Å². The summed E-state index contributed by atoms with van der Waals surface area (Å²) < 4.78 is 5.08. The van der Waals surface area contributed by atoms with E-state index in [0.29, 0.717) is 23.2 Å². The number of alkyl halides is 1. The van der Waals surface area contributed by atoms with E-state index < -0.39 is 0 Å². The fourth-order valence-corrected chi connectivity index (χ4v) is 1.60. The van der Waals surface area contributed by atoms with Crippen LogP contribution in [-0.2, 0) is 6.42 Å². The Balaban J connectivity index is 2.18. The van der Waals surface area contributed by atoms with E-state index in [1.165, 1.54) is 0 Å². The third-order valence-electron chi connectivity index (χ3n) is 2.14. The zero-order valence-corrected chi connectivity index (χ0v) is 10.2. The van der Waals surface area contributed by atoms with Gasteiger partial charge in [0, 0.05) is 5.02 Å². The van der Waals surface area contributed by atoms with E-state index in [1.54, 1.807) is 6.92 Å². The van der Waals surface area contributed by atoms with Crippen molar-refractivity contribution in [3.05, 3.63) is 46.6 Å². The second-order valence-corrected chi connectivity index (χ2v) is 4.49. The van der Waals surface area contributed by atoms with Gasteiger partial charge in [-0.3, -0.25) is 0 Å². The molecule has 16 heavy (non-hydrogen) atoms. The monoisotopic (exact) mass is 256 g/mol. The van der Waals surface area contributed by atoms with Crippen molar-refractivity contribution < 1.29 is 4.52 Å². The van der Waals surface area contributed by atoms with E-state index in [1.807, 2.05) is 24.3 Å². The molecule has 1 aromatic heterocycles. The minimum Gasteiger partial charge on any atom is -0.339 e. The minimum absolute atomic E-state index is 0.247. The third kappa shape index (κ3) is 2.54. The number of hydrogen-bond donors (Lipinski definition) is 0. The molecule has 0 fully saturated rings. The van der Waals surface area contributed by atoms with E-state index in [9.17, 15) is 0 Å². The molecule has 2 aromatic rings. The highest BCUT2D eigenvalue weighted by atomic mass is 35.5. The summed E-state index contributed by atoms with van der Waals surface area (Å²) in [5.74, 6) is 1.03. The van der Waals surface area contributed by atoms with E-state index in [0.717, 1.165) is 5.56 Å². The summed E-state index contributed by atoms with van der Waals surface area (Å²) in [6.07, 6.45) is 0.524. The van der Waals surface area contributed by atoms with Crippen molar-refractivity contribution in [2.24, 2.45) is 0 Å². The highest BCUT2D eigenvalue weighted by Gasteiger charge is 2.12. The predicted octanol–water partition coefficient (Wildman–Crippen LogP) is 3.61. The SMILES string of the molecule is CC(Cl)c1noc(Cc2ccccc2Cl)n1. The Morgan fingerprint density at radius 2 is 2.12 bits per heavy atom. The minimum atomic E-state index is -0.247. The lowest BCUT2D eigenvalue weighted by molar-refractivity contribution is 0.379. The molecule has 84 valence electrons. The first kappa shape index (κ1) is 11.4. The Hall–Kier alpha value is -1.06. The van der Waals surface area contributed by atoms with Crippen LogP contribution in [0.4, 0.5) is 0 Å². The highest BCUT2D eigenvalue weighted by molar-refractivity contribution is 6.31. The van der Waals surface area contributed by atoms with Crippen LogP contribution in [0.25, 0.3) is 0 Å². The van der Waals surface area contributed by atoms with Crippen LogP contribution < -0.4 is 0 Å². The maximum Gasteiger partial charge on any atom is 0.231 e. The average Bonchev–Trinajstić information content (AvgIpc) is 2.70. The molecule has 5 heteroatoms. The lowest BCUT2D eigenvalue weighted by Gasteiger charge is -1.98. The second-order valence-electron chi connectivity index (χ2n) is 3.43. The summed E-state index contributed by atoms with van der Waals surface area (Å²) in [6.45, 7) is 1.80. The van der Waals surface area contributed by atoms with Crippen molar-refractivity contribution in [1.29, 1.82) is 0 Å². The van der Waals surface area contributed by atoms with Gasteiger partial charge in [-0.1, -0.05) is 35.0 Å². The molecule has 0 N–H and O–H groups in total. The number of rotatable bonds is 3. The van der Waals surface area contributed by atoms with Crippen LogP contribution in [0.3, 0.4) is 0 Å². The Labute approximate surface area is 103 Å². The van der Waals surface area contributed by atoms with Crippen LogP contribution in [0, 0.1) is 0 Å². The molecule has 2 rings (SSSR count). The molecule has 1 unspecified atom stereocenters. The average molecular weight is 257 g/mol. The number of hydrogen-bond acceptors (Lipinski definition) is 3. The summed E-state index contributed by atoms with van der Waals surface area (Å²) in [4.78, 5) is 4.18. The standard InChI is InChI=1S/C11H10Cl2N2O/c1-7(12)11-14-10(16-15-11)6-8-4-2-3-5-9(8)13/h2-5,7H,6H2,1H3. The molecule has 0 radical (unpaired) electrons. The normalized spacial score (nSPS) is 12.7. The van der Waals surface area contributed by atoms with Gasteiger partial charge in [-0.15, -0.1) is 11.6 Å². The molecule has 0 aliphatic carbocycles. The third-order valence-corrected chi connectivity index (χ3v) is 2.70. The van der Waals surface area contributed by atoms with Crippen LogP contribution >= 0.6 is 23.2 Å². The molecule has 1 heterocycles. The van der Waals surface area contributed by atoms with Crippen molar-refractivity contribution >= 4 is 23.2 Å². The Morgan fingerprint density at radius 3 is 2.75 bits per heavy atom. The number of benzene rings is 1. The summed E-state index contributed by atoms with van der Waals surface area (Å²) in [5.41, 5.74) is 0.960. The quantitative estimate of drug-likeness (QED) is 0.788. The lowest BCUT2D eigenvalue weighted by Crippen LogP contribution is -1.91. The highest BCUT2D eigenvalue weighted by Crippen LogP contribution is 2.20. The summed E-state index contributed by atoms with van der Waals surface area (Å²) in [7, 11) is 0. The fraction of sp³-hybridized carbons (Fsp3) is 0.273. The number of nitrogens with zero attached hydrogens (tertiary/aromatic N) is 2. The Morgan fingerprint density at radius 1 is 1.38 bits per heavy atom. The molecule has 0 saturated heterocycles. The molecule has 0 aliphatic heterocycles. The van der Waals surface area contributed by atoms with Crippen molar-refractivity contribution in [3.8, 4) is 0 Å². The van der Waals surface area contributed by atoms with E-state index in [2.05, 4.69) is 10.1 Å². The second kappa shape index (κ2) is 4.85. The largest absolute Gasteiger partial charge is 0.339 e. The van der Waals surface area contributed by atoms with Gasteiger partial charge < -0.3 is 4.52 Å². The van der Waals surface area contributed by atoms with Gasteiger partial charge in [-0.2, -0.15) is 4.98 Å². The maximum atomic E-state index is 6.03. The topological polar surface area (TPSA) is 38.9 Å². The predicted molar refractivity (Wildman–Crippen MR) is 62.8 cm³/mol. The summed E-state index contributed by atoms with van der Waals surface area (Å²) in [6, 6.07) is 7.56. The molecule has 1 atom stereocenters. The van der Waals surface area contributed by atoms with Gasteiger partial charge in [-0.25, -0.2) is 0 Å². The van der Waals surface area contributed by atoms with Gasteiger partial charge in [0.2, 0.25) is 5.89 Å². The van der Waals surface area contributed by atoms with Crippen LogP contribution in [-0.4, -0.2) is 10.1 Å². The first-order valence-corrected chi connectivity index (χ1v) is 5.68. The van der Waals surface area contributed by atoms with Crippen molar-refractivity contribution in [2.75, 3.05) is 0 Å². The van der Waals surface area contributed by atoms with Gasteiger partial charge in [0.15, 0.2) is 5.82 Å². The maximum absolute atomic E-state index is 6.03. The first-order valence-electron chi connectivity index (χ1n) is 4.87. The summed E-state index contributed by atoms with van der Waals surface area (Å²) in [5, 5.41) is 4.23. The van der Waals surface area contributed by atoms with Crippen molar-refractivity contribution in [3.63, 3.8) is 0 Å². The van der Waals surface area contributed by atoms with Crippen LogP contribution in [0.2, 0.25) is 5.02 Å². The number of halogens is 2. The zero-order valence-electron chi connectivity index (χ0n) is 8.65. The van der Waals surface area contributed by atoms with Gasteiger partial charge >= 0.3 is 0 Å². The molecule has 1 aromatic carbocycles. The molecular formula is C11H10Cl2N2O. The van der Waals surface area contributed by atoms with Crippen LogP contribution in [0.5, 0.6) is 0 Å². The van der Waals surface area contributed by atoms with Crippen LogP contribution in [0.15, 0.2) is 28.8 Å². The molecule has 0 amide bonds. The van der Waals surface area contributed by atoms with E-state index in [-0.39, 0.29) is 5.38 Å². The van der Waals surface area contributed by atoms with Gasteiger partial charge in [0.25, 0.3) is 0 Å². The molecule has 0 bridgehead atoms. The van der Waals surface area contributed by atoms with Gasteiger partial charge in [0.05, 0.1) is 11.8 Å². The Kier molecular flexibility index (Phi) is 3.46. The van der Waals surface area contributed by atoms with E-state index in [4.69, 9.17) is 27.7 Å². The molecule has 3 nitrogen and oxygen atoms in total. The Bertz CT molecular complexity index is 482. The van der Waals surface area contributed by atoms with Gasteiger partial charge in [0.1, 0.15) is 0 Å². The van der Waals surface area contributed by atoms with E-state index >= 15 is 0 Å². The fourth-order valence-electron chi connectivity index (χ4n) is 1.31. The lowest BCUT2D eigenvalue weighted by atomic mass is 10.1.